The SMILES string of the molecule is C=CC(=O)[C@H](C)C[C@H](C)[C@H](O[Si](C)(C)C(C)(C)C)[C@@H](C)C(=O)N[C@H](CC)[C@H](C)C=C. The summed E-state index contributed by atoms with van der Waals surface area (Å²) in [5, 5.41) is 3.24. The maximum Gasteiger partial charge on any atom is 0.225 e. The monoisotopic (exact) mass is 437 g/mol. The molecule has 0 aliphatic rings. The Balaban J connectivity index is 5.74. The van der Waals surface area contributed by atoms with Gasteiger partial charge in [-0.05, 0) is 48.9 Å². The summed E-state index contributed by atoms with van der Waals surface area (Å²) < 4.78 is 6.78. The molecule has 0 unspecified atom stereocenters. The van der Waals surface area contributed by atoms with Crippen LogP contribution in [0, 0.1) is 23.7 Å². The minimum atomic E-state index is -2.10. The van der Waals surface area contributed by atoms with Crippen molar-refractivity contribution in [2.45, 2.75) is 98.5 Å². The van der Waals surface area contributed by atoms with E-state index in [0.717, 1.165) is 6.42 Å². The van der Waals surface area contributed by atoms with E-state index in [0.29, 0.717) is 6.42 Å². The van der Waals surface area contributed by atoms with E-state index < -0.39 is 8.32 Å². The van der Waals surface area contributed by atoms with E-state index >= 15 is 0 Å². The Labute approximate surface area is 187 Å². The van der Waals surface area contributed by atoms with E-state index in [1.54, 1.807) is 0 Å². The molecule has 0 aromatic carbocycles. The molecular weight excluding hydrogens is 390 g/mol. The highest BCUT2D eigenvalue weighted by atomic mass is 28.4. The molecule has 0 heterocycles. The van der Waals surface area contributed by atoms with Crippen molar-refractivity contribution in [2.24, 2.45) is 23.7 Å². The van der Waals surface area contributed by atoms with Crippen LogP contribution in [0.4, 0.5) is 0 Å². The summed E-state index contributed by atoms with van der Waals surface area (Å²) in [7, 11) is -2.10. The molecule has 4 nitrogen and oxygen atoms in total. The molecule has 0 aromatic heterocycles. The summed E-state index contributed by atoms with van der Waals surface area (Å²) in [5.74, 6) is -0.136. The fourth-order valence-corrected chi connectivity index (χ4v) is 4.94. The first-order chi connectivity index (χ1) is 13.6. The highest BCUT2D eigenvalue weighted by Crippen LogP contribution is 2.40. The second-order valence-electron chi connectivity index (χ2n) is 10.5. The quantitative estimate of drug-likeness (QED) is 0.214. The van der Waals surface area contributed by atoms with Gasteiger partial charge in [0.05, 0.1) is 12.0 Å². The van der Waals surface area contributed by atoms with Gasteiger partial charge in [0.2, 0.25) is 5.91 Å². The molecule has 0 saturated heterocycles. The lowest BCUT2D eigenvalue weighted by Crippen LogP contribution is -2.51. The number of hydrogen-bond acceptors (Lipinski definition) is 3. The van der Waals surface area contributed by atoms with Crippen molar-refractivity contribution in [1.29, 1.82) is 0 Å². The second kappa shape index (κ2) is 12.0. The van der Waals surface area contributed by atoms with Crippen LogP contribution in [0.3, 0.4) is 0 Å². The van der Waals surface area contributed by atoms with Crippen LogP contribution in [0.25, 0.3) is 0 Å². The summed E-state index contributed by atoms with van der Waals surface area (Å²) in [6.45, 7) is 28.6. The lowest BCUT2D eigenvalue weighted by atomic mass is 9.84. The van der Waals surface area contributed by atoms with Gasteiger partial charge in [-0.2, -0.15) is 0 Å². The Bertz CT molecular complexity index is 594. The summed E-state index contributed by atoms with van der Waals surface area (Å²) in [4.78, 5) is 25.3. The first-order valence-corrected chi connectivity index (χ1v) is 14.3. The number of carbonyl (C=O) groups excluding carboxylic acids is 2. The Morgan fingerprint density at radius 3 is 2.03 bits per heavy atom. The average molecular weight is 438 g/mol. The molecule has 0 bridgehead atoms. The molecular formula is C25H47NO3Si. The number of ketones is 1. The van der Waals surface area contributed by atoms with E-state index in [1.165, 1.54) is 6.08 Å². The van der Waals surface area contributed by atoms with E-state index in [-0.39, 0.29) is 52.5 Å². The van der Waals surface area contributed by atoms with Gasteiger partial charge in [0.1, 0.15) is 0 Å². The second-order valence-corrected chi connectivity index (χ2v) is 15.2. The largest absolute Gasteiger partial charge is 0.413 e. The van der Waals surface area contributed by atoms with Gasteiger partial charge in [0, 0.05) is 12.0 Å². The third kappa shape index (κ3) is 8.14. The average Bonchev–Trinajstić information content (AvgIpc) is 2.66. The Kier molecular flexibility index (Phi) is 11.5. The van der Waals surface area contributed by atoms with Gasteiger partial charge in [0.15, 0.2) is 14.1 Å². The maximum atomic E-state index is 13.2. The van der Waals surface area contributed by atoms with Crippen molar-refractivity contribution in [3.05, 3.63) is 25.3 Å². The van der Waals surface area contributed by atoms with Crippen molar-refractivity contribution >= 4 is 20.0 Å². The molecule has 6 atom stereocenters. The van der Waals surface area contributed by atoms with Gasteiger partial charge in [0.25, 0.3) is 0 Å². The van der Waals surface area contributed by atoms with Crippen molar-refractivity contribution < 1.29 is 14.0 Å². The molecule has 0 radical (unpaired) electrons. The van der Waals surface area contributed by atoms with Gasteiger partial charge < -0.3 is 9.74 Å². The first-order valence-electron chi connectivity index (χ1n) is 11.4. The molecule has 0 fully saturated rings. The summed E-state index contributed by atoms with van der Waals surface area (Å²) >= 11 is 0. The van der Waals surface area contributed by atoms with Crippen LogP contribution in [-0.4, -0.2) is 32.2 Å². The number of nitrogens with one attached hydrogen (secondary N) is 1. The molecule has 0 spiro atoms. The van der Waals surface area contributed by atoms with Crippen LogP contribution in [0.5, 0.6) is 0 Å². The number of allylic oxidation sites excluding steroid dienone is 1. The van der Waals surface area contributed by atoms with Gasteiger partial charge in [-0.1, -0.05) is 68.0 Å². The van der Waals surface area contributed by atoms with E-state index in [2.05, 4.69) is 73.1 Å². The number of amides is 1. The maximum absolute atomic E-state index is 13.2. The van der Waals surface area contributed by atoms with Crippen molar-refractivity contribution in [3.63, 3.8) is 0 Å². The van der Waals surface area contributed by atoms with Gasteiger partial charge in [-0.3, -0.25) is 9.59 Å². The van der Waals surface area contributed by atoms with Crippen molar-refractivity contribution in [1.82, 2.24) is 5.32 Å². The summed E-state index contributed by atoms with van der Waals surface area (Å²) in [6, 6.07) is 0.0579. The number of rotatable bonds is 13. The van der Waals surface area contributed by atoms with E-state index in [1.807, 2.05) is 19.9 Å². The molecule has 0 aliphatic carbocycles. The third-order valence-corrected chi connectivity index (χ3v) is 11.4. The van der Waals surface area contributed by atoms with Crippen LogP contribution in [0.1, 0.15) is 68.2 Å². The molecule has 0 aromatic rings. The van der Waals surface area contributed by atoms with Crippen LogP contribution >= 0.6 is 0 Å². The highest BCUT2D eigenvalue weighted by molar-refractivity contribution is 6.74. The topological polar surface area (TPSA) is 55.4 Å². The minimum absolute atomic E-state index is 0.00816. The van der Waals surface area contributed by atoms with Crippen molar-refractivity contribution in [2.75, 3.05) is 0 Å². The Morgan fingerprint density at radius 1 is 1.10 bits per heavy atom. The van der Waals surface area contributed by atoms with Crippen LogP contribution in [-0.2, 0) is 14.0 Å². The van der Waals surface area contributed by atoms with Crippen LogP contribution in [0.15, 0.2) is 25.3 Å². The fourth-order valence-electron chi connectivity index (χ4n) is 3.47. The predicted octanol–water partition coefficient (Wildman–Crippen LogP) is 6.15. The van der Waals surface area contributed by atoms with Crippen LogP contribution < -0.4 is 5.32 Å². The Hall–Kier alpha value is -1.20. The fraction of sp³-hybridized carbons (Fsp3) is 0.760. The molecule has 0 aliphatic heterocycles. The number of hydrogen-bond donors (Lipinski definition) is 1. The summed E-state index contributed by atoms with van der Waals surface area (Å²) in [6.07, 6.45) is 4.54. The molecule has 1 amide bonds. The molecule has 5 heteroatoms. The van der Waals surface area contributed by atoms with Gasteiger partial charge >= 0.3 is 0 Å². The highest BCUT2D eigenvalue weighted by Gasteiger charge is 2.43. The van der Waals surface area contributed by atoms with Gasteiger partial charge in [-0.15, -0.1) is 6.58 Å². The zero-order valence-corrected chi connectivity index (χ0v) is 22.2. The van der Waals surface area contributed by atoms with Gasteiger partial charge in [-0.25, -0.2) is 0 Å². The minimum Gasteiger partial charge on any atom is -0.413 e. The predicted molar refractivity (Wildman–Crippen MR) is 131 cm³/mol. The van der Waals surface area contributed by atoms with Crippen LogP contribution in [0.2, 0.25) is 18.1 Å². The zero-order chi connectivity index (χ0) is 23.9. The standard InChI is InChI=1S/C25H47NO3Si/c1-13-17(4)21(14-2)26-24(28)20(7)23(29-30(11,12)25(8,9)10)19(6)16-18(5)22(27)15-3/h13,15,17-21,23H,1,3,14,16H2,2,4-12H3,(H,26,28)/t17-,18-,19+,20-,21-,23+/m1/s1. The lowest BCUT2D eigenvalue weighted by molar-refractivity contribution is -0.129. The molecule has 30 heavy (non-hydrogen) atoms. The first kappa shape index (κ1) is 28.8. The molecule has 0 saturated carbocycles. The van der Waals surface area contributed by atoms with E-state index in [4.69, 9.17) is 4.43 Å². The summed E-state index contributed by atoms with van der Waals surface area (Å²) in [5.41, 5.74) is 0. The third-order valence-electron chi connectivity index (χ3n) is 6.89. The normalized spacial score (nSPS) is 18.5. The zero-order valence-electron chi connectivity index (χ0n) is 21.2. The lowest BCUT2D eigenvalue weighted by Gasteiger charge is -2.43. The number of carbonyl (C=O) groups is 2. The molecule has 174 valence electrons. The molecule has 0 rings (SSSR count). The van der Waals surface area contributed by atoms with Crippen molar-refractivity contribution in [3.8, 4) is 0 Å². The Morgan fingerprint density at radius 2 is 1.63 bits per heavy atom. The van der Waals surface area contributed by atoms with E-state index in [9.17, 15) is 9.59 Å². The smallest absolute Gasteiger partial charge is 0.225 e. The molecule has 1 N–H and O–H groups in total.